The third-order valence-electron chi connectivity index (χ3n) is 9.35. The van der Waals surface area contributed by atoms with Gasteiger partial charge < -0.3 is 14.6 Å². The molecule has 1 unspecified atom stereocenters. The van der Waals surface area contributed by atoms with Crippen LogP contribution in [0.25, 0.3) is 0 Å². The molecular formula is C24H30O6. The van der Waals surface area contributed by atoms with Crippen molar-refractivity contribution in [2.45, 2.75) is 70.7 Å². The van der Waals surface area contributed by atoms with Crippen LogP contribution in [-0.4, -0.2) is 46.6 Å². The maximum Gasteiger partial charge on any atom is 0.303 e. The monoisotopic (exact) mass is 414 g/mol. The summed E-state index contributed by atoms with van der Waals surface area (Å²) in [5.74, 6) is -0.783. The van der Waals surface area contributed by atoms with Gasteiger partial charge in [0.2, 0.25) is 5.78 Å². The lowest BCUT2D eigenvalue weighted by atomic mass is 9.46. The van der Waals surface area contributed by atoms with Gasteiger partial charge in [0.1, 0.15) is 11.2 Å². The quantitative estimate of drug-likeness (QED) is 0.564. The summed E-state index contributed by atoms with van der Waals surface area (Å²) in [7, 11) is 0. The number of Topliss-reactive ketones (excluding diaryl/α,β-unsaturated/α-hetero) is 1. The van der Waals surface area contributed by atoms with Gasteiger partial charge in [0.15, 0.2) is 12.4 Å². The maximum absolute atomic E-state index is 13.1. The number of ether oxygens (including phenoxy) is 2. The van der Waals surface area contributed by atoms with E-state index in [2.05, 4.69) is 6.92 Å². The Morgan fingerprint density at radius 1 is 1.30 bits per heavy atom. The highest BCUT2D eigenvalue weighted by molar-refractivity contribution is 6.01. The molecule has 4 fully saturated rings. The highest BCUT2D eigenvalue weighted by Crippen LogP contribution is 2.76. The van der Waals surface area contributed by atoms with Crippen LogP contribution >= 0.6 is 0 Å². The van der Waals surface area contributed by atoms with Crippen LogP contribution in [0, 0.1) is 28.6 Å². The Kier molecular flexibility index (Phi) is 3.97. The first-order valence-electron chi connectivity index (χ1n) is 11.0. The van der Waals surface area contributed by atoms with Crippen LogP contribution in [0.4, 0.5) is 0 Å². The van der Waals surface area contributed by atoms with E-state index < -0.39 is 29.4 Å². The van der Waals surface area contributed by atoms with Crippen molar-refractivity contribution in [1.82, 2.24) is 0 Å². The maximum atomic E-state index is 13.1. The molecule has 6 heteroatoms. The van der Waals surface area contributed by atoms with Crippen LogP contribution in [0.3, 0.4) is 0 Å². The van der Waals surface area contributed by atoms with Crippen LogP contribution in [0.5, 0.6) is 0 Å². The zero-order chi connectivity index (χ0) is 21.7. The summed E-state index contributed by atoms with van der Waals surface area (Å²) in [5.41, 5.74) is -1.71. The molecule has 0 amide bonds. The average Bonchev–Trinajstić information content (AvgIpc) is 3.36. The van der Waals surface area contributed by atoms with Gasteiger partial charge in [-0.2, -0.15) is 0 Å². The molecule has 5 rings (SSSR count). The van der Waals surface area contributed by atoms with Gasteiger partial charge in [0.05, 0.1) is 6.10 Å². The number of epoxide rings is 1. The van der Waals surface area contributed by atoms with E-state index in [0.717, 1.165) is 24.8 Å². The average molecular weight is 414 g/mol. The summed E-state index contributed by atoms with van der Waals surface area (Å²) in [4.78, 5) is 36.3. The number of carbonyl (C=O) groups excluding carboxylic acids is 3. The highest BCUT2D eigenvalue weighted by atomic mass is 16.6. The van der Waals surface area contributed by atoms with Crippen LogP contribution < -0.4 is 0 Å². The van der Waals surface area contributed by atoms with Crippen molar-refractivity contribution < 1.29 is 29.0 Å². The molecule has 1 N–H and O–H groups in total. The lowest BCUT2D eigenvalue weighted by Crippen LogP contribution is -2.62. The van der Waals surface area contributed by atoms with Gasteiger partial charge in [0, 0.05) is 17.8 Å². The van der Waals surface area contributed by atoms with Crippen LogP contribution in [0.15, 0.2) is 23.8 Å². The molecule has 6 nitrogen and oxygen atoms in total. The van der Waals surface area contributed by atoms with Gasteiger partial charge >= 0.3 is 5.97 Å². The van der Waals surface area contributed by atoms with Crippen molar-refractivity contribution >= 4 is 17.5 Å². The minimum Gasteiger partial charge on any atom is -0.458 e. The summed E-state index contributed by atoms with van der Waals surface area (Å²) in [6.07, 6.45) is 8.43. The number of rotatable bonds is 3. The molecule has 4 aliphatic carbocycles. The SMILES string of the molecule is CC(=O)OCC(=O)[C@@]1(O)[C@H](C)C[C@H]2[C@@H]3CCC4=CC(=O)C=C[C@]4(C)[C@@]34OC4C[C@@]21C. The smallest absolute Gasteiger partial charge is 0.303 e. The fraction of sp³-hybridized carbons (Fsp3) is 0.708. The summed E-state index contributed by atoms with van der Waals surface area (Å²) < 4.78 is 11.4. The van der Waals surface area contributed by atoms with Crippen molar-refractivity contribution in [3.05, 3.63) is 23.8 Å². The van der Waals surface area contributed by atoms with Gasteiger partial charge in [0.25, 0.3) is 0 Å². The Balaban J connectivity index is 1.52. The molecule has 3 saturated carbocycles. The predicted octanol–water partition coefficient (Wildman–Crippen LogP) is 2.53. The van der Waals surface area contributed by atoms with E-state index in [1.165, 1.54) is 6.92 Å². The Morgan fingerprint density at radius 3 is 2.73 bits per heavy atom. The molecule has 0 aromatic carbocycles. The number of carbonyl (C=O) groups is 3. The Hall–Kier alpha value is -1.79. The molecule has 8 atom stereocenters. The summed E-state index contributed by atoms with van der Waals surface area (Å²) >= 11 is 0. The zero-order valence-corrected chi connectivity index (χ0v) is 18.1. The van der Waals surface area contributed by atoms with Crippen molar-refractivity contribution in [3.8, 4) is 0 Å². The molecule has 1 spiro atoms. The Bertz CT molecular complexity index is 919. The minimum atomic E-state index is -1.54. The third kappa shape index (κ3) is 2.14. The van der Waals surface area contributed by atoms with Gasteiger partial charge in [-0.1, -0.05) is 25.5 Å². The zero-order valence-electron chi connectivity index (χ0n) is 18.1. The van der Waals surface area contributed by atoms with E-state index >= 15 is 0 Å². The lowest BCUT2D eigenvalue weighted by molar-refractivity contribution is -0.170. The van der Waals surface area contributed by atoms with E-state index in [0.29, 0.717) is 6.42 Å². The second kappa shape index (κ2) is 5.92. The number of esters is 1. The summed E-state index contributed by atoms with van der Waals surface area (Å²) in [6.45, 7) is 7.00. The standard InChI is InChI=1S/C24H30O6/c1-13-9-18-17-6-5-15-10-16(26)7-8-21(15,3)24(17)20(30-24)11-22(18,4)23(13,28)19(27)12-29-14(2)25/h7-8,10,13,17-18,20,28H,5-6,9,11-12H2,1-4H3/t13-,17+,18+,20?,21+,22+,23+,24-/m1/s1. The number of hydrogen-bond acceptors (Lipinski definition) is 6. The normalized spacial score (nSPS) is 50.6. The molecule has 1 aliphatic heterocycles. The first kappa shape index (κ1) is 20.1. The van der Waals surface area contributed by atoms with Crippen molar-refractivity contribution in [2.24, 2.45) is 28.6 Å². The fourth-order valence-electron chi connectivity index (χ4n) is 7.85. The lowest BCUT2D eigenvalue weighted by Gasteiger charge is -2.55. The number of ketones is 2. The molecular weight excluding hydrogens is 384 g/mol. The van der Waals surface area contributed by atoms with Crippen LogP contribution in [0.1, 0.15) is 53.4 Å². The van der Waals surface area contributed by atoms with E-state index in [1.807, 2.05) is 19.9 Å². The van der Waals surface area contributed by atoms with Gasteiger partial charge in [-0.3, -0.25) is 14.4 Å². The van der Waals surface area contributed by atoms with Gasteiger partial charge in [-0.05, 0) is 62.5 Å². The summed E-state index contributed by atoms with van der Waals surface area (Å²) in [5, 5.41) is 11.8. The number of allylic oxidation sites excluding steroid dienone is 2. The Labute approximate surface area is 176 Å². The van der Waals surface area contributed by atoms with E-state index in [4.69, 9.17) is 9.47 Å². The molecule has 0 aromatic heterocycles. The van der Waals surface area contributed by atoms with E-state index in [1.54, 1.807) is 12.2 Å². The Morgan fingerprint density at radius 2 is 2.03 bits per heavy atom. The fourth-order valence-corrected chi connectivity index (χ4v) is 7.85. The number of aliphatic hydroxyl groups is 1. The van der Waals surface area contributed by atoms with Crippen molar-refractivity contribution in [3.63, 3.8) is 0 Å². The molecule has 0 radical (unpaired) electrons. The number of hydrogen-bond donors (Lipinski definition) is 1. The number of fused-ring (bicyclic) bond motifs is 3. The van der Waals surface area contributed by atoms with Crippen molar-refractivity contribution in [1.29, 1.82) is 0 Å². The first-order valence-corrected chi connectivity index (χ1v) is 11.0. The second-order valence-electron chi connectivity index (χ2n) is 10.5. The van der Waals surface area contributed by atoms with Gasteiger partial charge in [-0.15, -0.1) is 0 Å². The second-order valence-corrected chi connectivity index (χ2v) is 10.5. The topological polar surface area (TPSA) is 93.2 Å². The van der Waals surface area contributed by atoms with Crippen LogP contribution in [-0.2, 0) is 23.9 Å². The van der Waals surface area contributed by atoms with Crippen molar-refractivity contribution in [2.75, 3.05) is 6.61 Å². The molecule has 30 heavy (non-hydrogen) atoms. The largest absolute Gasteiger partial charge is 0.458 e. The molecule has 0 aromatic rings. The minimum absolute atomic E-state index is 0.0371. The van der Waals surface area contributed by atoms with Gasteiger partial charge in [-0.25, -0.2) is 0 Å². The molecule has 1 heterocycles. The summed E-state index contributed by atoms with van der Waals surface area (Å²) in [6, 6.07) is 0. The molecule has 0 bridgehead atoms. The van der Waals surface area contributed by atoms with E-state index in [-0.39, 0.29) is 40.7 Å². The van der Waals surface area contributed by atoms with Crippen LogP contribution in [0.2, 0.25) is 0 Å². The first-order chi connectivity index (χ1) is 14.0. The highest BCUT2D eigenvalue weighted by Gasteiger charge is 2.81. The predicted molar refractivity (Wildman–Crippen MR) is 107 cm³/mol. The molecule has 1 saturated heterocycles. The molecule has 162 valence electrons. The third-order valence-corrected chi connectivity index (χ3v) is 9.35. The van der Waals surface area contributed by atoms with E-state index in [9.17, 15) is 19.5 Å². The molecule has 5 aliphatic rings.